The molecule has 1 aliphatic carbocycles. The molecule has 2 rings (SSSR count). The van der Waals surface area contributed by atoms with Gasteiger partial charge in [-0.05, 0) is 12.8 Å². The first-order chi connectivity index (χ1) is 7.16. The highest BCUT2D eigenvalue weighted by Gasteiger charge is 2.30. The van der Waals surface area contributed by atoms with Crippen molar-refractivity contribution < 1.29 is 4.79 Å². The smallest absolute Gasteiger partial charge is 0.226 e. The lowest BCUT2D eigenvalue weighted by Gasteiger charge is -2.36. The first kappa shape index (κ1) is 11.1. The Kier molecular flexibility index (Phi) is 3.39. The zero-order chi connectivity index (χ0) is 10.8. The van der Waals surface area contributed by atoms with E-state index in [0.717, 1.165) is 25.9 Å². The van der Waals surface area contributed by atoms with E-state index in [0.29, 0.717) is 16.4 Å². The lowest BCUT2D eigenvalue weighted by Crippen LogP contribution is -2.46. The van der Waals surface area contributed by atoms with Crippen LogP contribution in [0.1, 0.15) is 26.7 Å². The van der Waals surface area contributed by atoms with Gasteiger partial charge in [0.25, 0.3) is 0 Å². The van der Waals surface area contributed by atoms with Gasteiger partial charge in [0, 0.05) is 29.5 Å². The monoisotopic (exact) mass is 225 g/mol. The molecule has 84 valence electrons. The SMILES string of the molecule is CC1CN(C(=O)C2CC=CC2)CC(C)S1. The van der Waals surface area contributed by atoms with Crippen molar-refractivity contribution in [2.75, 3.05) is 13.1 Å². The van der Waals surface area contributed by atoms with Crippen molar-refractivity contribution in [1.29, 1.82) is 0 Å². The number of hydrogen-bond acceptors (Lipinski definition) is 2. The summed E-state index contributed by atoms with van der Waals surface area (Å²) in [7, 11) is 0. The summed E-state index contributed by atoms with van der Waals surface area (Å²) in [5.41, 5.74) is 0. The van der Waals surface area contributed by atoms with Gasteiger partial charge in [-0.25, -0.2) is 0 Å². The van der Waals surface area contributed by atoms with E-state index >= 15 is 0 Å². The largest absolute Gasteiger partial charge is 0.340 e. The van der Waals surface area contributed by atoms with Gasteiger partial charge in [0.2, 0.25) is 5.91 Å². The van der Waals surface area contributed by atoms with Crippen molar-refractivity contribution in [1.82, 2.24) is 4.90 Å². The van der Waals surface area contributed by atoms with Crippen LogP contribution in [0, 0.1) is 5.92 Å². The molecular formula is C12H19NOS. The molecule has 3 heteroatoms. The van der Waals surface area contributed by atoms with Crippen molar-refractivity contribution in [3.63, 3.8) is 0 Å². The highest BCUT2D eigenvalue weighted by atomic mass is 32.2. The molecule has 2 atom stereocenters. The van der Waals surface area contributed by atoms with E-state index < -0.39 is 0 Å². The van der Waals surface area contributed by atoms with E-state index in [4.69, 9.17) is 0 Å². The average Bonchev–Trinajstić information content (AvgIpc) is 2.67. The van der Waals surface area contributed by atoms with E-state index in [1.54, 1.807) is 0 Å². The third-order valence-corrected chi connectivity index (χ3v) is 4.32. The van der Waals surface area contributed by atoms with Gasteiger partial charge in [0.15, 0.2) is 0 Å². The van der Waals surface area contributed by atoms with Crippen molar-refractivity contribution in [2.45, 2.75) is 37.2 Å². The highest BCUT2D eigenvalue weighted by molar-refractivity contribution is 8.00. The van der Waals surface area contributed by atoms with E-state index in [9.17, 15) is 4.79 Å². The molecule has 0 radical (unpaired) electrons. The Balaban J connectivity index is 1.94. The quantitative estimate of drug-likeness (QED) is 0.638. The van der Waals surface area contributed by atoms with Crippen LogP contribution >= 0.6 is 11.8 Å². The maximum Gasteiger partial charge on any atom is 0.226 e. The van der Waals surface area contributed by atoms with Crippen LogP contribution < -0.4 is 0 Å². The first-order valence-corrected chi connectivity index (χ1v) is 6.70. The Morgan fingerprint density at radius 3 is 2.27 bits per heavy atom. The second kappa shape index (κ2) is 4.60. The number of allylic oxidation sites excluding steroid dienone is 2. The molecule has 1 heterocycles. The van der Waals surface area contributed by atoms with E-state index in [2.05, 4.69) is 30.9 Å². The maximum atomic E-state index is 12.2. The predicted molar refractivity (Wildman–Crippen MR) is 65.0 cm³/mol. The topological polar surface area (TPSA) is 20.3 Å². The van der Waals surface area contributed by atoms with Crippen LogP contribution in [0.25, 0.3) is 0 Å². The second-order valence-electron chi connectivity index (χ2n) is 4.64. The van der Waals surface area contributed by atoms with Crippen molar-refractivity contribution in [3.8, 4) is 0 Å². The van der Waals surface area contributed by atoms with Crippen LogP contribution in [-0.2, 0) is 4.79 Å². The number of rotatable bonds is 1. The molecule has 0 aromatic rings. The van der Waals surface area contributed by atoms with Crippen LogP contribution in [-0.4, -0.2) is 34.4 Å². The van der Waals surface area contributed by atoms with E-state index in [-0.39, 0.29) is 5.92 Å². The summed E-state index contributed by atoms with van der Waals surface area (Å²) in [5, 5.41) is 1.18. The standard InChI is InChI=1S/C12H19NOS/c1-9-7-13(8-10(2)15-9)12(14)11-5-3-4-6-11/h3-4,9-11H,5-8H2,1-2H3. The molecule has 2 unspecified atom stereocenters. The Bertz CT molecular complexity index is 259. The number of amides is 1. The fourth-order valence-corrected chi connectivity index (χ4v) is 3.76. The van der Waals surface area contributed by atoms with Crippen LogP contribution in [0.15, 0.2) is 12.2 Å². The normalized spacial score (nSPS) is 32.3. The first-order valence-electron chi connectivity index (χ1n) is 5.76. The highest BCUT2D eigenvalue weighted by Crippen LogP contribution is 2.28. The molecule has 2 nitrogen and oxygen atoms in total. The lowest BCUT2D eigenvalue weighted by atomic mass is 10.1. The summed E-state index contributed by atoms with van der Waals surface area (Å²) < 4.78 is 0. The Labute approximate surface area is 96.1 Å². The van der Waals surface area contributed by atoms with E-state index in [1.165, 1.54) is 0 Å². The summed E-state index contributed by atoms with van der Waals surface area (Å²) >= 11 is 2.00. The fraction of sp³-hybridized carbons (Fsp3) is 0.750. The summed E-state index contributed by atoms with van der Waals surface area (Å²) in [5.74, 6) is 0.617. The Morgan fingerprint density at radius 1 is 1.20 bits per heavy atom. The summed E-state index contributed by atoms with van der Waals surface area (Å²) in [6, 6.07) is 0. The van der Waals surface area contributed by atoms with Gasteiger partial charge in [0.05, 0.1) is 0 Å². The van der Waals surface area contributed by atoms with Gasteiger partial charge in [-0.1, -0.05) is 26.0 Å². The predicted octanol–water partition coefficient (Wildman–Crippen LogP) is 2.31. The summed E-state index contributed by atoms with van der Waals surface area (Å²) in [6.45, 7) is 6.30. The molecule has 0 aromatic heterocycles. The molecular weight excluding hydrogens is 206 g/mol. The van der Waals surface area contributed by atoms with Gasteiger partial charge in [-0.2, -0.15) is 11.8 Å². The molecule has 1 fully saturated rings. The summed E-state index contributed by atoms with van der Waals surface area (Å²) in [4.78, 5) is 14.2. The van der Waals surface area contributed by atoms with Crippen molar-refractivity contribution in [3.05, 3.63) is 12.2 Å². The molecule has 2 aliphatic rings. The van der Waals surface area contributed by atoms with Crippen molar-refractivity contribution in [2.24, 2.45) is 5.92 Å². The number of carbonyl (C=O) groups excluding carboxylic acids is 1. The molecule has 0 N–H and O–H groups in total. The molecule has 1 aliphatic heterocycles. The Morgan fingerprint density at radius 2 is 1.73 bits per heavy atom. The number of hydrogen-bond donors (Lipinski definition) is 0. The summed E-state index contributed by atoms with van der Waals surface area (Å²) in [6.07, 6.45) is 6.17. The zero-order valence-electron chi connectivity index (χ0n) is 9.48. The second-order valence-corrected chi connectivity index (χ2v) is 6.52. The third kappa shape index (κ3) is 2.57. The van der Waals surface area contributed by atoms with Gasteiger partial charge >= 0.3 is 0 Å². The van der Waals surface area contributed by atoms with Crippen molar-refractivity contribution >= 4 is 17.7 Å². The molecule has 1 saturated heterocycles. The third-order valence-electron chi connectivity index (χ3n) is 3.09. The molecule has 0 aromatic carbocycles. The van der Waals surface area contributed by atoms with Gasteiger partial charge in [-0.15, -0.1) is 0 Å². The minimum absolute atomic E-state index is 0.243. The Hall–Kier alpha value is -0.440. The minimum Gasteiger partial charge on any atom is -0.340 e. The molecule has 0 bridgehead atoms. The van der Waals surface area contributed by atoms with Gasteiger partial charge in [0.1, 0.15) is 0 Å². The molecule has 15 heavy (non-hydrogen) atoms. The molecule has 0 spiro atoms. The van der Waals surface area contributed by atoms with Crippen LogP contribution in [0.2, 0.25) is 0 Å². The number of carbonyl (C=O) groups is 1. The number of thioether (sulfide) groups is 1. The van der Waals surface area contributed by atoms with Crippen LogP contribution in [0.3, 0.4) is 0 Å². The van der Waals surface area contributed by atoms with Gasteiger partial charge < -0.3 is 4.90 Å². The molecule has 0 saturated carbocycles. The fourth-order valence-electron chi connectivity index (χ4n) is 2.43. The maximum absolute atomic E-state index is 12.2. The van der Waals surface area contributed by atoms with Gasteiger partial charge in [-0.3, -0.25) is 4.79 Å². The van der Waals surface area contributed by atoms with Crippen LogP contribution in [0.5, 0.6) is 0 Å². The minimum atomic E-state index is 0.243. The lowest BCUT2D eigenvalue weighted by molar-refractivity contribution is -0.135. The molecule has 1 amide bonds. The zero-order valence-corrected chi connectivity index (χ0v) is 10.3. The van der Waals surface area contributed by atoms with E-state index in [1.807, 2.05) is 11.8 Å². The average molecular weight is 225 g/mol. The number of nitrogens with zero attached hydrogens (tertiary/aromatic N) is 1. The van der Waals surface area contributed by atoms with Crippen LogP contribution in [0.4, 0.5) is 0 Å².